The summed E-state index contributed by atoms with van der Waals surface area (Å²) in [6, 6.07) is 13.2. The van der Waals surface area contributed by atoms with E-state index in [4.69, 9.17) is 11.1 Å². The van der Waals surface area contributed by atoms with Crippen LogP contribution in [0.3, 0.4) is 0 Å². The molecule has 0 aromatic heterocycles. The smallest absolute Gasteiger partial charge is 0.245 e. The second kappa shape index (κ2) is 12.8. The number of amidine groups is 1. The van der Waals surface area contributed by atoms with Crippen molar-refractivity contribution in [3.8, 4) is 0 Å². The molecule has 11 heteroatoms. The number of aliphatic hydroxyl groups excluding tert-OH is 2. The van der Waals surface area contributed by atoms with Crippen molar-refractivity contribution in [3.63, 3.8) is 0 Å². The lowest BCUT2D eigenvalue weighted by Gasteiger charge is -2.21. The van der Waals surface area contributed by atoms with Crippen molar-refractivity contribution in [2.45, 2.75) is 24.4 Å². The number of nitrogens with two attached hydrogens (primary N) is 1. The number of aliphatic hydroxyl groups is 2. The average Bonchev–Trinajstić information content (AvgIpc) is 2.80. The summed E-state index contributed by atoms with van der Waals surface area (Å²) in [4.78, 5) is 24.8. The molecule has 2 rings (SSSR count). The van der Waals surface area contributed by atoms with Crippen LogP contribution in [0.15, 0.2) is 54.6 Å². The zero-order chi connectivity index (χ0) is 23.5. The van der Waals surface area contributed by atoms with Crippen LogP contribution in [-0.2, 0) is 33.2 Å². The normalized spacial score (nSPS) is 13.6. The molecule has 0 fully saturated rings. The van der Waals surface area contributed by atoms with Gasteiger partial charge in [0.2, 0.25) is 11.8 Å². The largest absolute Gasteiger partial charge is 0.598 e. The van der Waals surface area contributed by atoms with Gasteiger partial charge in [-0.2, -0.15) is 0 Å². The highest BCUT2D eigenvalue weighted by Gasteiger charge is 2.28. The van der Waals surface area contributed by atoms with E-state index in [0.29, 0.717) is 5.56 Å². The Morgan fingerprint density at radius 2 is 1.59 bits per heavy atom. The van der Waals surface area contributed by atoms with Crippen molar-refractivity contribution in [2.24, 2.45) is 5.73 Å². The zero-order valence-electron chi connectivity index (χ0n) is 17.3. The van der Waals surface area contributed by atoms with Crippen molar-refractivity contribution in [1.29, 1.82) is 5.41 Å². The Kier molecular flexibility index (Phi) is 10.1. The minimum Gasteiger partial charge on any atom is -0.598 e. The summed E-state index contributed by atoms with van der Waals surface area (Å²) in [6.45, 7) is -1.17. The van der Waals surface area contributed by atoms with Gasteiger partial charge in [0.15, 0.2) is 11.8 Å². The molecule has 3 atom stereocenters. The van der Waals surface area contributed by atoms with E-state index in [0.717, 1.165) is 11.1 Å². The molecule has 2 aromatic rings. The van der Waals surface area contributed by atoms with Crippen molar-refractivity contribution >= 4 is 29.0 Å². The maximum atomic E-state index is 12.4. The summed E-state index contributed by atoms with van der Waals surface area (Å²) in [5, 5.41) is 31.3. The Bertz CT molecular complexity index is 897. The molecule has 10 nitrogen and oxygen atoms in total. The first-order valence-corrected chi connectivity index (χ1v) is 11.1. The van der Waals surface area contributed by atoms with Crippen molar-refractivity contribution in [3.05, 3.63) is 71.3 Å². The summed E-state index contributed by atoms with van der Waals surface area (Å²) >= 11 is -1.64. The Morgan fingerprint density at radius 3 is 2.16 bits per heavy atom. The van der Waals surface area contributed by atoms with Crippen molar-refractivity contribution in [1.82, 2.24) is 15.4 Å². The molecule has 2 aromatic carbocycles. The summed E-state index contributed by atoms with van der Waals surface area (Å²) in [5.74, 6) is -1.33. The van der Waals surface area contributed by atoms with Crippen molar-refractivity contribution in [2.75, 3.05) is 13.2 Å². The second-order valence-electron chi connectivity index (χ2n) is 6.90. The molecule has 1 unspecified atom stereocenters. The van der Waals surface area contributed by atoms with E-state index in [1.165, 1.54) is 0 Å². The van der Waals surface area contributed by atoms with Gasteiger partial charge in [-0.3, -0.25) is 15.0 Å². The van der Waals surface area contributed by atoms with Crippen molar-refractivity contribution < 1.29 is 24.4 Å². The van der Waals surface area contributed by atoms with E-state index in [1.807, 2.05) is 6.07 Å². The number of carbonyl (C=O) groups is 2. The van der Waals surface area contributed by atoms with Crippen LogP contribution in [0.4, 0.5) is 0 Å². The van der Waals surface area contributed by atoms with E-state index < -0.39 is 48.5 Å². The number of nitrogens with one attached hydrogen (secondary N) is 4. The first kappa shape index (κ1) is 25.3. The molecule has 0 radical (unpaired) electrons. The SMILES string of the molecule is N=C(N)c1ccc(CNC(=O)[C@H](CO)NC(=O)[C@@H](CO)N[S+]([O-])Cc2ccccc2)cc1. The Morgan fingerprint density at radius 1 is 0.969 bits per heavy atom. The van der Waals surface area contributed by atoms with Gasteiger partial charge in [-0.15, -0.1) is 4.72 Å². The van der Waals surface area contributed by atoms with E-state index >= 15 is 0 Å². The van der Waals surface area contributed by atoms with Gasteiger partial charge >= 0.3 is 0 Å². The van der Waals surface area contributed by atoms with Crippen LogP contribution in [0.5, 0.6) is 0 Å². The summed E-state index contributed by atoms with van der Waals surface area (Å²) < 4.78 is 14.8. The number of benzene rings is 2. The summed E-state index contributed by atoms with van der Waals surface area (Å²) in [6.07, 6.45) is 0. The monoisotopic (exact) mass is 461 g/mol. The molecule has 0 bridgehead atoms. The maximum absolute atomic E-state index is 12.4. The zero-order valence-corrected chi connectivity index (χ0v) is 18.1. The van der Waals surface area contributed by atoms with Crippen LogP contribution in [-0.4, -0.2) is 57.7 Å². The Balaban J connectivity index is 1.87. The first-order valence-electron chi connectivity index (χ1n) is 9.75. The second-order valence-corrected chi connectivity index (χ2v) is 8.12. The lowest BCUT2D eigenvalue weighted by atomic mass is 10.1. The van der Waals surface area contributed by atoms with Gasteiger partial charge in [-0.25, -0.2) is 0 Å². The number of hydrogen-bond donors (Lipinski definition) is 7. The third-order valence-electron chi connectivity index (χ3n) is 4.46. The number of rotatable bonds is 12. The van der Waals surface area contributed by atoms with Gasteiger partial charge in [-0.1, -0.05) is 54.6 Å². The fraction of sp³-hybridized carbons (Fsp3) is 0.286. The fourth-order valence-corrected chi connectivity index (χ4v) is 3.76. The number of hydrogen-bond acceptors (Lipinski definition) is 7. The predicted molar refractivity (Wildman–Crippen MR) is 121 cm³/mol. The highest BCUT2D eigenvalue weighted by atomic mass is 32.2. The minimum atomic E-state index is -1.64. The van der Waals surface area contributed by atoms with E-state index in [-0.39, 0.29) is 18.1 Å². The molecule has 172 valence electrons. The molecule has 2 amide bonds. The van der Waals surface area contributed by atoms with Crippen LogP contribution in [0.25, 0.3) is 0 Å². The number of nitrogen functional groups attached to an aromatic ring is 1. The molecule has 0 aliphatic rings. The fourth-order valence-electron chi connectivity index (χ4n) is 2.68. The van der Waals surface area contributed by atoms with Gasteiger partial charge in [0.1, 0.15) is 11.9 Å². The van der Waals surface area contributed by atoms with E-state index in [2.05, 4.69) is 15.4 Å². The molecular weight excluding hydrogens is 434 g/mol. The molecule has 0 spiro atoms. The van der Waals surface area contributed by atoms with E-state index in [9.17, 15) is 24.4 Å². The molecule has 0 saturated carbocycles. The van der Waals surface area contributed by atoms with Crippen LogP contribution in [0.2, 0.25) is 0 Å². The number of carbonyl (C=O) groups excluding carboxylic acids is 2. The topological polar surface area (TPSA) is 184 Å². The molecule has 8 N–H and O–H groups in total. The molecular formula is C21H27N5O5S. The average molecular weight is 462 g/mol. The van der Waals surface area contributed by atoms with Gasteiger partial charge in [0.25, 0.3) is 0 Å². The van der Waals surface area contributed by atoms with Crippen LogP contribution < -0.4 is 21.1 Å². The van der Waals surface area contributed by atoms with Gasteiger partial charge in [0, 0.05) is 29.0 Å². The van der Waals surface area contributed by atoms with Crippen LogP contribution >= 0.6 is 0 Å². The van der Waals surface area contributed by atoms with E-state index in [1.54, 1.807) is 48.5 Å². The molecule has 0 aliphatic heterocycles. The summed E-state index contributed by atoms with van der Waals surface area (Å²) in [7, 11) is 0. The summed E-state index contributed by atoms with van der Waals surface area (Å²) in [5.41, 5.74) is 7.47. The Hall–Kier alpha value is -2.96. The standard InChI is InChI=1S/C21H27N5O5S/c22-19(23)16-8-6-14(7-9-16)10-24-20(29)17(11-27)25-21(30)18(12-28)26-32(31)13-15-4-2-1-3-5-15/h1-9,17-18,26-28H,10-13H2,(H3,22,23)(H,24,29)(H,25,30)/t17-,18+,32?/m0/s1. The van der Waals surface area contributed by atoms with Gasteiger partial charge in [0.05, 0.1) is 13.2 Å². The van der Waals surface area contributed by atoms with Crippen LogP contribution in [0.1, 0.15) is 16.7 Å². The number of amides is 2. The molecule has 0 saturated heterocycles. The third-order valence-corrected chi connectivity index (χ3v) is 5.60. The maximum Gasteiger partial charge on any atom is 0.245 e. The molecule has 32 heavy (non-hydrogen) atoms. The highest BCUT2D eigenvalue weighted by molar-refractivity contribution is 7.88. The molecule has 0 aliphatic carbocycles. The van der Waals surface area contributed by atoms with Gasteiger partial charge in [-0.05, 0) is 5.56 Å². The van der Waals surface area contributed by atoms with Gasteiger partial charge < -0.3 is 31.1 Å². The predicted octanol–water partition coefficient (Wildman–Crippen LogP) is -1.12. The quantitative estimate of drug-likeness (QED) is 0.119. The highest BCUT2D eigenvalue weighted by Crippen LogP contribution is 2.06. The first-order chi connectivity index (χ1) is 15.3. The van der Waals surface area contributed by atoms with Crippen LogP contribution in [0, 0.1) is 5.41 Å². The molecule has 0 heterocycles. The third kappa shape index (κ3) is 7.94. The lowest BCUT2D eigenvalue weighted by molar-refractivity contribution is -0.131. The lowest BCUT2D eigenvalue weighted by Crippen LogP contribution is -2.56. The Labute approximate surface area is 189 Å². The minimum absolute atomic E-state index is 0.0691.